The van der Waals surface area contributed by atoms with Gasteiger partial charge in [0.15, 0.2) is 0 Å². The van der Waals surface area contributed by atoms with Crippen LogP contribution in [0.3, 0.4) is 0 Å². The lowest BCUT2D eigenvalue weighted by molar-refractivity contribution is -0.124. The lowest BCUT2D eigenvalue weighted by Crippen LogP contribution is -2.38. The van der Waals surface area contributed by atoms with Gasteiger partial charge in [0.2, 0.25) is 5.91 Å². The van der Waals surface area contributed by atoms with Crippen molar-refractivity contribution >= 4 is 28.5 Å². The summed E-state index contributed by atoms with van der Waals surface area (Å²) in [5.74, 6) is -0.0299. The van der Waals surface area contributed by atoms with Gasteiger partial charge in [0.1, 0.15) is 6.04 Å². The highest BCUT2D eigenvalue weighted by Crippen LogP contribution is 2.19. The summed E-state index contributed by atoms with van der Waals surface area (Å²) in [5.41, 5.74) is 2.88. The largest absolute Gasteiger partial charge is 0.352 e. The van der Waals surface area contributed by atoms with Crippen LogP contribution >= 0.6 is 11.6 Å². The molecule has 0 aliphatic rings. The van der Waals surface area contributed by atoms with Crippen LogP contribution in [0.2, 0.25) is 5.02 Å². The third kappa shape index (κ3) is 3.44. The molecule has 3 aromatic rings. The number of para-hydroxylation sites is 2. The molecule has 2 aromatic carbocycles. The minimum Gasteiger partial charge on any atom is -0.352 e. The van der Waals surface area contributed by atoms with E-state index in [4.69, 9.17) is 11.6 Å². The van der Waals surface area contributed by atoms with Gasteiger partial charge in [-0.25, -0.2) is 4.98 Å². The fraction of sp³-hybridized carbons (Fsp3) is 0.263. The second-order valence-corrected chi connectivity index (χ2v) is 6.43. The zero-order chi connectivity index (χ0) is 17.1. The molecule has 1 N–H and O–H groups in total. The van der Waals surface area contributed by atoms with Crippen molar-refractivity contribution in [2.75, 3.05) is 0 Å². The Hall–Kier alpha value is -2.33. The highest BCUT2D eigenvalue weighted by Gasteiger charge is 2.19. The Kier molecular flexibility index (Phi) is 4.86. The molecule has 0 saturated carbocycles. The molecule has 2 atom stereocenters. The smallest absolute Gasteiger partial charge is 0.243 e. The van der Waals surface area contributed by atoms with Crippen LogP contribution in [0.1, 0.15) is 25.5 Å². The van der Waals surface area contributed by atoms with E-state index >= 15 is 0 Å². The molecular weight excluding hydrogens is 322 g/mol. The number of imidazole rings is 1. The van der Waals surface area contributed by atoms with Gasteiger partial charge < -0.3 is 9.88 Å². The van der Waals surface area contributed by atoms with Crippen LogP contribution in [-0.2, 0) is 11.2 Å². The maximum Gasteiger partial charge on any atom is 0.243 e. The zero-order valence-electron chi connectivity index (χ0n) is 13.7. The molecule has 124 valence electrons. The van der Waals surface area contributed by atoms with E-state index in [1.165, 1.54) is 0 Å². The van der Waals surface area contributed by atoms with Crippen molar-refractivity contribution in [2.24, 2.45) is 0 Å². The number of fused-ring (bicyclic) bond motifs is 1. The maximum atomic E-state index is 12.6. The topological polar surface area (TPSA) is 46.9 Å². The van der Waals surface area contributed by atoms with Gasteiger partial charge in [-0.2, -0.15) is 0 Å². The molecule has 0 aliphatic carbocycles. The molecule has 0 bridgehead atoms. The van der Waals surface area contributed by atoms with E-state index in [1.54, 1.807) is 6.33 Å². The molecule has 4 nitrogen and oxygen atoms in total. The van der Waals surface area contributed by atoms with Gasteiger partial charge >= 0.3 is 0 Å². The van der Waals surface area contributed by atoms with Crippen LogP contribution in [0, 0.1) is 0 Å². The normalized spacial score (nSPS) is 13.6. The first kappa shape index (κ1) is 16.5. The van der Waals surface area contributed by atoms with Crippen LogP contribution in [-0.4, -0.2) is 21.5 Å². The number of halogens is 1. The number of aromatic nitrogens is 2. The molecule has 0 aliphatic heterocycles. The monoisotopic (exact) mass is 341 g/mol. The van der Waals surface area contributed by atoms with Gasteiger partial charge in [0.25, 0.3) is 0 Å². The van der Waals surface area contributed by atoms with Gasteiger partial charge in [-0.15, -0.1) is 0 Å². The number of carbonyl (C=O) groups excluding carboxylic acids is 1. The Balaban J connectivity index is 1.69. The quantitative estimate of drug-likeness (QED) is 0.762. The number of nitrogens with zero attached hydrogens (tertiary/aromatic N) is 2. The van der Waals surface area contributed by atoms with Crippen molar-refractivity contribution < 1.29 is 4.79 Å². The van der Waals surface area contributed by atoms with E-state index in [9.17, 15) is 4.79 Å². The standard InChI is InChI=1S/C19H20ClN3O/c1-13(11-15-7-3-4-8-16(15)20)22-19(24)14(2)23-12-21-17-9-5-6-10-18(17)23/h3-10,12-14H,11H2,1-2H3,(H,22,24)/t13-,14-/m1/s1. The van der Waals surface area contributed by atoms with Crippen molar-refractivity contribution in [3.8, 4) is 0 Å². The van der Waals surface area contributed by atoms with Gasteiger partial charge in [-0.1, -0.05) is 41.9 Å². The summed E-state index contributed by atoms with van der Waals surface area (Å²) in [7, 11) is 0. The van der Waals surface area contributed by atoms with Gasteiger partial charge in [0, 0.05) is 11.1 Å². The van der Waals surface area contributed by atoms with E-state index in [2.05, 4.69) is 10.3 Å². The van der Waals surface area contributed by atoms with E-state index in [-0.39, 0.29) is 18.0 Å². The van der Waals surface area contributed by atoms with Crippen molar-refractivity contribution in [1.82, 2.24) is 14.9 Å². The number of rotatable bonds is 5. The Morgan fingerprint density at radius 3 is 2.67 bits per heavy atom. The predicted octanol–water partition coefficient (Wildman–Crippen LogP) is 4.00. The van der Waals surface area contributed by atoms with Gasteiger partial charge in [-0.05, 0) is 44.0 Å². The van der Waals surface area contributed by atoms with Crippen LogP contribution in [0.15, 0.2) is 54.9 Å². The molecule has 0 fully saturated rings. The summed E-state index contributed by atoms with van der Waals surface area (Å²) in [6, 6.07) is 15.2. The molecular formula is C19H20ClN3O. The van der Waals surface area contributed by atoms with E-state index in [0.717, 1.165) is 21.6 Å². The summed E-state index contributed by atoms with van der Waals surface area (Å²) >= 11 is 6.19. The van der Waals surface area contributed by atoms with Crippen molar-refractivity contribution in [2.45, 2.75) is 32.4 Å². The van der Waals surface area contributed by atoms with E-state index < -0.39 is 0 Å². The molecule has 1 amide bonds. The Morgan fingerprint density at radius 1 is 1.17 bits per heavy atom. The third-order valence-electron chi connectivity index (χ3n) is 4.15. The molecule has 24 heavy (non-hydrogen) atoms. The van der Waals surface area contributed by atoms with Crippen molar-refractivity contribution in [1.29, 1.82) is 0 Å². The first-order valence-corrected chi connectivity index (χ1v) is 8.39. The van der Waals surface area contributed by atoms with Crippen molar-refractivity contribution in [3.63, 3.8) is 0 Å². The minimum absolute atomic E-state index is 0.00497. The SMILES string of the molecule is C[C@H](Cc1ccccc1Cl)NC(=O)[C@@H](C)n1cnc2ccccc21. The van der Waals surface area contributed by atoms with Crippen LogP contribution in [0.5, 0.6) is 0 Å². The minimum atomic E-state index is -0.328. The Labute approximate surface area is 146 Å². The second-order valence-electron chi connectivity index (χ2n) is 6.02. The Morgan fingerprint density at radius 2 is 1.88 bits per heavy atom. The number of amides is 1. The van der Waals surface area contributed by atoms with E-state index in [1.807, 2.05) is 66.9 Å². The number of benzene rings is 2. The summed E-state index contributed by atoms with van der Waals surface area (Å²) in [6.45, 7) is 3.87. The van der Waals surface area contributed by atoms with Gasteiger partial charge in [-0.3, -0.25) is 4.79 Å². The molecule has 1 aromatic heterocycles. The molecule has 5 heteroatoms. The lowest BCUT2D eigenvalue weighted by Gasteiger charge is -2.19. The predicted molar refractivity (Wildman–Crippen MR) is 97.2 cm³/mol. The molecule has 0 spiro atoms. The highest BCUT2D eigenvalue weighted by molar-refractivity contribution is 6.31. The number of hydrogen-bond donors (Lipinski definition) is 1. The number of nitrogens with one attached hydrogen (secondary N) is 1. The highest BCUT2D eigenvalue weighted by atomic mass is 35.5. The average molecular weight is 342 g/mol. The summed E-state index contributed by atoms with van der Waals surface area (Å²) < 4.78 is 1.90. The number of hydrogen-bond acceptors (Lipinski definition) is 2. The van der Waals surface area contributed by atoms with Crippen LogP contribution in [0.25, 0.3) is 11.0 Å². The summed E-state index contributed by atoms with van der Waals surface area (Å²) in [6.07, 6.45) is 2.41. The molecule has 1 heterocycles. The third-order valence-corrected chi connectivity index (χ3v) is 4.52. The zero-order valence-corrected chi connectivity index (χ0v) is 14.5. The van der Waals surface area contributed by atoms with E-state index in [0.29, 0.717) is 6.42 Å². The maximum absolute atomic E-state index is 12.6. The molecule has 0 saturated heterocycles. The van der Waals surface area contributed by atoms with Crippen LogP contribution < -0.4 is 5.32 Å². The van der Waals surface area contributed by atoms with Crippen LogP contribution in [0.4, 0.5) is 0 Å². The molecule has 0 unspecified atom stereocenters. The second kappa shape index (κ2) is 7.05. The first-order valence-electron chi connectivity index (χ1n) is 8.01. The molecule has 3 rings (SSSR count). The lowest BCUT2D eigenvalue weighted by atomic mass is 10.1. The average Bonchev–Trinajstić information content (AvgIpc) is 3.00. The van der Waals surface area contributed by atoms with Gasteiger partial charge in [0.05, 0.1) is 17.4 Å². The Bertz CT molecular complexity index is 858. The fourth-order valence-corrected chi connectivity index (χ4v) is 3.03. The summed E-state index contributed by atoms with van der Waals surface area (Å²) in [5, 5.41) is 3.79. The summed E-state index contributed by atoms with van der Waals surface area (Å²) in [4.78, 5) is 16.9. The first-order chi connectivity index (χ1) is 11.6. The molecule has 0 radical (unpaired) electrons. The fourth-order valence-electron chi connectivity index (χ4n) is 2.82. The van der Waals surface area contributed by atoms with Crippen molar-refractivity contribution in [3.05, 3.63) is 65.4 Å². The number of carbonyl (C=O) groups is 1.